The summed E-state index contributed by atoms with van der Waals surface area (Å²) in [5.41, 5.74) is 5.74. The molecule has 0 saturated carbocycles. The zero-order chi connectivity index (χ0) is 58.9. The van der Waals surface area contributed by atoms with Crippen LogP contribution in [-0.2, 0) is 88.9 Å². The number of halogens is 1. The van der Waals surface area contributed by atoms with Crippen LogP contribution < -0.4 is 21.5 Å². The third-order valence-corrected chi connectivity index (χ3v) is 16.4. The van der Waals surface area contributed by atoms with Crippen molar-refractivity contribution in [1.29, 1.82) is 0 Å². The maximum atomic E-state index is 15.4. The molecule has 0 radical (unpaired) electrons. The van der Waals surface area contributed by atoms with E-state index in [0.717, 1.165) is 40.8 Å². The molecule has 10 rings (SSSR count). The number of allylic oxidation sites excluding steroid dienone is 5. The smallest absolute Gasteiger partial charge is 0.343 e. The Labute approximate surface area is 485 Å². The average Bonchev–Trinajstić information content (AvgIpc) is 1.53. The Hall–Kier alpha value is -7.47. The molecule has 3 atom stereocenters. The van der Waals surface area contributed by atoms with Gasteiger partial charge in [0.1, 0.15) is 25.3 Å². The van der Waals surface area contributed by atoms with Crippen molar-refractivity contribution in [3.05, 3.63) is 127 Å². The van der Waals surface area contributed by atoms with E-state index in [0.29, 0.717) is 117 Å². The second-order valence-electron chi connectivity index (χ2n) is 21.6. The number of aryl methyl sites for hydroxylation is 1. The van der Waals surface area contributed by atoms with Crippen molar-refractivity contribution in [1.82, 2.24) is 35.3 Å². The van der Waals surface area contributed by atoms with Crippen LogP contribution in [0.4, 0.5) is 4.39 Å². The summed E-state index contributed by atoms with van der Waals surface area (Å²) in [4.78, 5) is 101. The topological polar surface area (TPSA) is 255 Å². The molecule has 1 unspecified atom stereocenters. The van der Waals surface area contributed by atoms with E-state index < -0.39 is 41.1 Å². The van der Waals surface area contributed by atoms with Crippen molar-refractivity contribution in [3.8, 4) is 11.4 Å². The van der Waals surface area contributed by atoms with Gasteiger partial charge in [0, 0.05) is 60.6 Å². The Kier molecular flexibility index (Phi) is 19.2. The molecule has 22 heteroatoms. The summed E-state index contributed by atoms with van der Waals surface area (Å²) in [5, 5.41) is 20.7. The van der Waals surface area contributed by atoms with E-state index in [9.17, 15) is 38.7 Å². The molecule has 21 nitrogen and oxygen atoms in total. The van der Waals surface area contributed by atoms with E-state index in [4.69, 9.17) is 33.4 Å². The lowest BCUT2D eigenvalue weighted by molar-refractivity contribution is -0.172. The quantitative estimate of drug-likeness (QED) is 0.0456. The molecular weight excluding hydrogens is 1090 g/mol. The van der Waals surface area contributed by atoms with Crippen LogP contribution in [0.1, 0.15) is 115 Å². The summed E-state index contributed by atoms with van der Waals surface area (Å²) in [6, 6.07) is 10.4. The molecule has 1 fully saturated rings. The number of benzene rings is 2. The fraction of sp³-hybridized carbons (Fsp3) is 0.484. The maximum absolute atomic E-state index is 15.4. The number of aliphatic hydroxyl groups is 1. The van der Waals surface area contributed by atoms with Gasteiger partial charge in [0.2, 0.25) is 29.5 Å². The van der Waals surface area contributed by atoms with Gasteiger partial charge in [-0.15, -0.1) is 0 Å². The van der Waals surface area contributed by atoms with Gasteiger partial charge in [0.25, 0.3) is 5.56 Å². The molecule has 4 N–H and O–H groups in total. The van der Waals surface area contributed by atoms with Crippen LogP contribution in [0, 0.1) is 12.7 Å². The van der Waals surface area contributed by atoms with Gasteiger partial charge < -0.3 is 63.8 Å². The predicted molar refractivity (Wildman–Crippen MR) is 304 cm³/mol. The minimum absolute atomic E-state index is 0.0255. The van der Waals surface area contributed by atoms with Crippen LogP contribution in [0.25, 0.3) is 28.4 Å². The highest BCUT2D eigenvalue weighted by atomic mass is 19.1. The summed E-state index contributed by atoms with van der Waals surface area (Å²) in [6.07, 6.45) is 11.5. The monoisotopic (exact) mass is 1160 g/mol. The SMILES string of the molecule is CC[C@@]1(O)C(=O)OCc2c1cc1n(c2=O)Cc2c-1nc1cc(F)c(C)c3c1c2[C@@H](NC(=O)COC1CCCN1C(=O)CNC(=O)CCOCCOCCOCCOCCNC(=O)CCC(=O)N1Cc2ccccc2/C=C\C2=C1CCC=C2)CC3. The van der Waals surface area contributed by atoms with Crippen molar-refractivity contribution in [2.75, 3.05) is 79.1 Å². The number of carbonyl (C=O) groups is 6. The minimum Gasteiger partial charge on any atom is -0.458 e. The van der Waals surface area contributed by atoms with Crippen molar-refractivity contribution in [2.45, 2.75) is 116 Å². The number of amides is 5. The maximum Gasteiger partial charge on any atom is 0.343 e. The number of carbonyl (C=O) groups excluding carboxylic acids is 6. The van der Waals surface area contributed by atoms with Crippen molar-refractivity contribution in [2.24, 2.45) is 0 Å². The van der Waals surface area contributed by atoms with Gasteiger partial charge in [-0.25, -0.2) is 14.2 Å². The van der Waals surface area contributed by atoms with E-state index in [-0.39, 0.29) is 107 Å². The van der Waals surface area contributed by atoms with Crippen LogP contribution in [0.15, 0.2) is 70.7 Å². The third kappa shape index (κ3) is 13.1. The van der Waals surface area contributed by atoms with Gasteiger partial charge >= 0.3 is 5.97 Å². The van der Waals surface area contributed by atoms with Crippen molar-refractivity contribution < 1.29 is 66.7 Å². The highest BCUT2D eigenvalue weighted by molar-refractivity contribution is 5.94. The molecule has 4 aliphatic heterocycles. The van der Waals surface area contributed by atoms with Crippen molar-refractivity contribution in [3.63, 3.8) is 0 Å². The second-order valence-corrected chi connectivity index (χ2v) is 21.6. The normalized spacial score (nSPS) is 19.6. The summed E-state index contributed by atoms with van der Waals surface area (Å²) in [7, 11) is 0. The number of hydrogen-bond acceptors (Lipinski definition) is 15. The number of cyclic esters (lactones) is 1. The van der Waals surface area contributed by atoms with Crippen molar-refractivity contribution >= 4 is 52.5 Å². The standard InChI is InChI=1S/C62H72FN7O14/c1-3-62(78)45-31-50-59-43(35-70(50)60(76)44(45)36-84-61(62)77)58-47(17-16-42-38(2)46(63)32-48(67-59)57(42)58)66-53(73)37-83-56-13-8-22-68(56)55(75)33-65-52(72)20-23-79-25-27-81-29-30-82-28-26-80-24-21-64-51(71)18-19-54(74)69-34-41-11-5-4-9-39(41)14-15-40-10-6-7-12-49(40)69/h4-6,9-11,14-15,31-32,47,56,78H,3,7-8,12-13,16-30,33-37H2,1-2H3,(H,64,71)(H,65,72)(H,66,73)/b15-14-/t47-,56?,62-/m0/s1. The molecule has 1 saturated heterocycles. The van der Waals surface area contributed by atoms with Gasteiger partial charge in [-0.05, 0) is 91.3 Å². The Morgan fingerprint density at radius 2 is 1.57 bits per heavy atom. The first-order chi connectivity index (χ1) is 40.7. The Morgan fingerprint density at radius 1 is 0.821 bits per heavy atom. The van der Waals surface area contributed by atoms with Crippen LogP contribution in [0.3, 0.4) is 0 Å². The number of likely N-dealkylation sites (tertiary alicyclic amines) is 1. The molecule has 6 heterocycles. The molecule has 2 aromatic carbocycles. The highest BCUT2D eigenvalue weighted by Crippen LogP contribution is 2.46. The summed E-state index contributed by atoms with van der Waals surface area (Å²) in [5.74, 6) is -2.74. The predicted octanol–water partition coefficient (Wildman–Crippen LogP) is 4.72. The minimum atomic E-state index is -2.03. The number of rotatable bonds is 25. The Bertz CT molecular complexity index is 3380. The number of ether oxygens (including phenoxy) is 6. The molecule has 5 amide bonds. The van der Waals surface area contributed by atoms with Crippen LogP contribution >= 0.6 is 0 Å². The lowest BCUT2D eigenvalue weighted by Gasteiger charge is -2.31. The van der Waals surface area contributed by atoms with E-state index in [1.165, 1.54) is 15.5 Å². The molecule has 2 aromatic heterocycles. The summed E-state index contributed by atoms with van der Waals surface area (Å²) < 4.78 is 50.4. The number of nitrogens with one attached hydrogen (secondary N) is 3. The van der Waals surface area contributed by atoms with E-state index in [1.807, 2.05) is 29.2 Å². The fourth-order valence-corrected chi connectivity index (χ4v) is 11.9. The van der Waals surface area contributed by atoms with Gasteiger partial charge in [0.05, 0.1) is 101 Å². The lowest BCUT2D eigenvalue weighted by Crippen LogP contribution is -2.44. The number of fused-ring (bicyclic) bond motifs is 6. The first-order valence-electron chi connectivity index (χ1n) is 29.1. The summed E-state index contributed by atoms with van der Waals surface area (Å²) in [6.45, 7) is 5.97. The van der Waals surface area contributed by atoms with E-state index >= 15 is 4.39 Å². The Morgan fingerprint density at radius 3 is 2.36 bits per heavy atom. The van der Waals surface area contributed by atoms with Crippen LogP contribution in [0.5, 0.6) is 0 Å². The second kappa shape index (κ2) is 27.1. The first kappa shape index (κ1) is 59.7. The molecule has 0 spiro atoms. The molecule has 2 aliphatic carbocycles. The average molecular weight is 1160 g/mol. The molecule has 0 bridgehead atoms. The molecule has 6 aliphatic rings. The van der Waals surface area contributed by atoms with Gasteiger partial charge in [-0.1, -0.05) is 55.5 Å². The molecule has 84 heavy (non-hydrogen) atoms. The third-order valence-electron chi connectivity index (χ3n) is 16.4. The number of nitrogens with zero attached hydrogens (tertiary/aromatic N) is 4. The fourth-order valence-electron chi connectivity index (χ4n) is 11.9. The highest BCUT2D eigenvalue weighted by Gasteiger charge is 2.46. The lowest BCUT2D eigenvalue weighted by atomic mass is 9.81. The van der Waals surface area contributed by atoms with Gasteiger partial charge in [-0.3, -0.25) is 28.8 Å². The number of hydrogen-bond donors (Lipinski definition) is 4. The van der Waals surface area contributed by atoms with Gasteiger partial charge in [0.15, 0.2) is 5.60 Å². The number of aromatic nitrogens is 2. The zero-order valence-electron chi connectivity index (χ0n) is 47.5. The number of esters is 1. The van der Waals surface area contributed by atoms with E-state index in [2.05, 4.69) is 40.3 Å². The molecular formula is C62H72FN7O14. The van der Waals surface area contributed by atoms with Crippen LogP contribution in [0.2, 0.25) is 0 Å². The van der Waals surface area contributed by atoms with Gasteiger partial charge in [-0.2, -0.15) is 0 Å². The molecule has 4 aromatic rings. The number of pyridine rings is 2. The largest absolute Gasteiger partial charge is 0.458 e. The van der Waals surface area contributed by atoms with Crippen LogP contribution in [-0.4, -0.2) is 145 Å². The Balaban J connectivity index is 0.579. The first-order valence-corrected chi connectivity index (χ1v) is 29.1. The molecule has 446 valence electrons. The van der Waals surface area contributed by atoms with E-state index in [1.54, 1.807) is 19.9 Å². The zero-order valence-corrected chi connectivity index (χ0v) is 47.5. The summed E-state index contributed by atoms with van der Waals surface area (Å²) >= 11 is 0.